The van der Waals surface area contributed by atoms with E-state index in [0.29, 0.717) is 6.42 Å². The fourth-order valence-corrected chi connectivity index (χ4v) is 1.37. The molecule has 5 heteroatoms. The summed E-state index contributed by atoms with van der Waals surface area (Å²) in [6.45, 7) is 4.01. The van der Waals surface area contributed by atoms with Crippen molar-refractivity contribution in [2.75, 3.05) is 19.7 Å². The number of nitrogens with one attached hydrogen (secondary N) is 1. The van der Waals surface area contributed by atoms with E-state index in [4.69, 9.17) is 4.74 Å². The number of carbonyl (C=O) groups is 1. The molecule has 0 fully saturated rings. The van der Waals surface area contributed by atoms with Gasteiger partial charge in [-0.3, -0.25) is 0 Å². The molecule has 0 aliphatic rings. The lowest BCUT2D eigenvalue weighted by Crippen LogP contribution is -2.18. The SMILES string of the molecule is CCCNCCCOC(=O)c1ccc(F)c(F)c1. The normalized spacial score (nSPS) is 10.4. The minimum Gasteiger partial charge on any atom is -0.462 e. The Morgan fingerprint density at radius 2 is 2.06 bits per heavy atom. The minimum absolute atomic E-state index is 0.0235. The first-order valence-electron chi connectivity index (χ1n) is 5.98. The maximum atomic E-state index is 12.9. The van der Waals surface area contributed by atoms with E-state index in [1.165, 1.54) is 6.07 Å². The number of esters is 1. The fourth-order valence-electron chi connectivity index (χ4n) is 1.37. The van der Waals surface area contributed by atoms with Crippen molar-refractivity contribution in [1.82, 2.24) is 5.32 Å². The van der Waals surface area contributed by atoms with Crippen molar-refractivity contribution in [2.45, 2.75) is 19.8 Å². The maximum Gasteiger partial charge on any atom is 0.338 e. The highest BCUT2D eigenvalue weighted by atomic mass is 19.2. The smallest absolute Gasteiger partial charge is 0.338 e. The van der Waals surface area contributed by atoms with E-state index in [9.17, 15) is 13.6 Å². The molecule has 0 aromatic heterocycles. The monoisotopic (exact) mass is 257 g/mol. The van der Waals surface area contributed by atoms with Crippen LogP contribution >= 0.6 is 0 Å². The van der Waals surface area contributed by atoms with Gasteiger partial charge in [0.05, 0.1) is 12.2 Å². The average Bonchev–Trinajstić information content (AvgIpc) is 2.36. The van der Waals surface area contributed by atoms with Crippen LogP contribution < -0.4 is 5.32 Å². The fraction of sp³-hybridized carbons (Fsp3) is 0.462. The zero-order chi connectivity index (χ0) is 13.4. The van der Waals surface area contributed by atoms with Crippen LogP contribution in [0, 0.1) is 11.6 Å². The molecule has 0 bridgehead atoms. The van der Waals surface area contributed by atoms with Crippen molar-refractivity contribution in [3.63, 3.8) is 0 Å². The van der Waals surface area contributed by atoms with Crippen LogP contribution in [0.1, 0.15) is 30.1 Å². The van der Waals surface area contributed by atoms with Crippen LogP contribution in [0.2, 0.25) is 0 Å². The third-order valence-corrected chi connectivity index (χ3v) is 2.31. The van der Waals surface area contributed by atoms with Gasteiger partial charge in [-0.25, -0.2) is 13.6 Å². The number of carbonyl (C=O) groups excluding carboxylic acids is 1. The third-order valence-electron chi connectivity index (χ3n) is 2.31. The molecule has 0 unspecified atom stereocenters. The first-order chi connectivity index (χ1) is 8.65. The maximum absolute atomic E-state index is 12.9. The lowest BCUT2D eigenvalue weighted by Gasteiger charge is -2.06. The molecule has 0 heterocycles. The predicted molar refractivity (Wildman–Crippen MR) is 64.4 cm³/mol. The average molecular weight is 257 g/mol. The van der Waals surface area contributed by atoms with Gasteiger partial charge in [-0.2, -0.15) is 0 Å². The number of hydrogen-bond donors (Lipinski definition) is 1. The first kappa shape index (κ1) is 14.6. The van der Waals surface area contributed by atoms with Crippen molar-refractivity contribution in [3.05, 3.63) is 35.4 Å². The van der Waals surface area contributed by atoms with Crippen molar-refractivity contribution in [3.8, 4) is 0 Å². The van der Waals surface area contributed by atoms with Gasteiger partial charge in [0.15, 0.2) is 11.6 Å². The van der Waals surface area contributed by atoms with Gasteiger partial charge in [0.2, 0.25) is 0 Å². The Labute approximate surface area is 105 Å². The van der Waals surface area contributed by atoms with E-state index < -0.39 is 17.6 Å². The van der Waals surface area contributed by atoms with E-state index in [1.807, 2.05) is 0 Å². The van der Waals surface area contributed by atoms with Crippen molar-refractivity contribution >= 4 is 5.97 Å². The summed E-state index contributed by atoms with van der Waals surface area (Å²) in [5.41, 5.74) is 0.0235. The molecule has 100 valence electrons. The molecule has 0 aliphatic heterocycles. The number of rotatable bonds is 7. The summed E-state index contributed by atoms with van der Waals surface area (Å²) in [4.78, 5) is 11.5. The van der Waals surface area contributed by atoms with Crippen LogP contribution in [-0.2, 0) is 4.74 Å². The molecule has 0 saturated carbocycles. The van der Waals surface area contributed by atoms with Gasteiger partial charge < -0.3 is 10.1 Å². The molecule has 1 N–H and O–H groups in total. The molecule has 0 amide bonds. The van der Waals surface area contributed by atoms with Crippen LogP contribution in [0.5, 0.6) is 0 Å². The van der Waals surface area contributed by atoms with E-state index in [0.717, 1.165) is 31.6 Å². The summed E-state index contributed by atoms with van der Waals surface area (Å²) < 4.78 is 30.5. The van der Waals surface area contributed by atoms with E-state index in [-0.39, 0.29) is 12.2 Å². The van der Waals surface area contributed by atoms with Crippen LogP contribution in [0.15, 0.2) is 18.2 Å². The molecule has 1 aromatic carbocycles. The van der Waals surface area contributed by atoms with Crippen LogP contribution in [-0.4, -0.2) is 25.7 Å². The first-order valence-corrected chi connectivity index (χ1v) is 5.98. The number of ether oxygens (including phenoxy) is 1. The van der Waals surface area contributed by atoms with Gasteiger partial charge in [0.1, 0.15) is 0 Å². The largest absolute Gasteiger partial charge is 0.462 e. The molecular formula is C13H17F2NO2. The Hall–Kier alpha value is -1.49. The number of hydrogen-bond acceptors (Lipinski definition) is 3. The highest BCUT2D eigenvalue weighted by Crippen LogP contribution is 2.09. The highest BCUT2D eigenvalue weighted by molar-refractivity contribution is 5.89. The van der Waals surface area contributed by atoms with Gasteiger partial charge in [-0.15, -0.1) is 0 Å². The van der Waals surface area contributed by atoms with Crippen molar-refractivity contribution in [1.29, 1.82) is 0 Å². The van der Waals surface area contributed by atoms with E-state index >= 15 is 0 Å². The van der Waals surface area contributed by atoms with Gasteiger partial charge in [-0.1, -0.05) is 6.92 Å². The summed E-state index contributed by atoms with van der Waals surface area (Å²) in [5.74, 6) is -2.66. The Morgan fingerprint density at radius 3 is 2.72 bits per heavy atom. The molecule has 0 atom stereocenters. The van der Waals surface area contributed by atoms with Crippen LogP contribution in [0.3, 0.4) is 0 Å². The van der Waals surface area contributed by atoms with E-state index in [1.54, 1.807) is 0 Å². The molecule has 3 nitrogen and oxygen atoms in total. The van der Waals surface area contributed by atoms with Gasteiger partial charge in [-0.05, 0) is 44.1 Å². The Balaban J connectivity index is 2.30. The lowest BCUT2D eigenvalue weighted by molar-refractivity contribution is 0.0500. The number of halogens is 2. The lowest BCUT2D eigenvalue weighted by atomic mass is 10.2. The molecule has 18 heavy (non-hydrogen) atoms. The van der Waals surface area contributed by atoms with Crippen molar-refractivity contribution < 1.29 is 18.3 Å². The Morgan fingerprint density at radius 1 is 1.28 bits per heavy atom. The molecular weight excluding hydrogens is 240 g/mol. The standard InChI is InChI=1S/C13H17F2NO2/c1-2-6-16-7-3-8-18-13(17)10-4-5-11(14)12(15)9-10/h4-5,9,16H,2-3,6-8H2,1H3. The van der Waals surface area contributed by atoms with Gasteiger partial charge in [0.25, 0.3) is 0 Å². The van der Waals surface area contributed by atoms with Crippen LogP contribution in [0.25, 0.3) is 0 Å². The van der Waals surface area contributed by atoms with E-state index in [2.05, 4.69) is 12.2 Å². The summed E-state index contributed by atoms with van der Waals surface area (Å²) in [5, 5.41) is 3.16. The minimum atomic E-state index is -1.05. The predicted octanol–water partition coefficient (Wildman–Crippen LogP) is 2.51. The second kappa shape index (κ2) is 7.76. The second-order valence-corrected chi connectivity index (χ2v) is 3.87. The summed E-state index contributed by atoms with van der Waals surface area (Å²) in [6, 6.07) is 2.96. The molecule has 1 rings (SSSR count). The summed E-state index contributed by atoms with van der Waals surface area (Å²) in [7, 11) is 0. The van der Waals surface area contributed by atoms with Gasteiger partial charge >= 0.3 is 5.97 Å². The summed E-state index contributed by atoms with van der Waals surface area (Å²) in [6.07, 6.45) is 1.74. The Bertz CT molecular complexity index is 397. The molecule has 0 spiro atoms. The van der Waals surface area contributed by atoms with Crippen molar-refractivity contribution in [2.24, 2.45) is 0 Å². The molecule has 0 aliphatic carbocycles. The van der Waals surface area contributed by atoms with Crippen LogP contribution in [0.4, 0.5) is 8.78 Å². The third kappa shape index (κ3) is 4.79. The zero-order valence-electron chi connectivity index (χ0n) is 10.3. The Kier molecular flexibility index (Phi) is 6.28. The second-order valence-electron chi connectivity index (χ2n) is 3.87. The highest BCUT2D eigenvalue weighted by Gasteiger charge is 2.10. The number of benzene rings is 1. The summed E-state index contributed by atoms with van der Waals surface area (Å²) >= 11 is 0. The molecule has 0 radical (unpaired) electrons. The quantitative estimate of drug-likeness (QED) is 0.602. The molecule has 0 saturated heterocycles. The molecule has 1 aromatic rings. The topological polar surface area (TPSA) is 38.3 Å². The van der Waals surface area contributed by atoms with Gasteiger partial charge in [0, 0.05) is 0 Å². The zero-order valence-corrected chi connectivity index (χ0v) is 10.3.